The summed E-state index contributed by atoms with van der Waals surface area (Å²) in [6.45, 7) is 0.781. The lowest BCUT2D eigenvalue weighted by atomic mass is 10.1. The predicted molar refractivity (Wildman–Crippen MR) is 124 cm³/mol. The topological polar surface area (TPSA) is 158 Å². The van der Waals surface area contributed by atoms with Gasteiger partial charge in [-0.25, -0.2) is 8.78 Å². The fourth-order valence-electron chi connectivity index (χ4n) is 3.91. The van der Waals surface area contributed by atoms with Gasteiger partial charge in [-0.3, -0.25) is 19.8 Å². The number of hydrogen-bond acceptors (Lipinski definition) is 7. The van der Waals surface area contributed by atoms with Crippen molar-refractivity contribution in [2.24, 2.45) is 5.73 Å². The van der Waals surface area contributed by atoms with Gasteiger partial charge in [0.2, 0.25) is 0 Å². The molecule has 3 amide bonds. The number of nitrogen functional groups attached to an aromatic ring is 1. The van der Waals surface area contributed by atoms with Gasteiger partial charge in [0.25, 0.3) is 17.7 Å². The maximum Gasteiger partial charge on any atom is 0.259 e. The number of aliphatic hydroxyl groups is 1. The normalized spacial score (nSPS) is 19.2. The first-order valence-corrected chi connectivity index (χ1v) is 10.9. The number of nitrogens with two attached hydrogens (primary N) is 1. The summed E-state index contributed by atoms with van der Waals surface area (Å²) in [4.78, 5) is 40.7. The largest absolute Gasteiger partial charge is 0.384 e. The van der Waals surface area contributed by atoms with Gasteiger partial charge in [-0.1, -0.05) is 6.07 Å². The van der Waals surface area contributed by atoms with Crippen LogP contribution in [0.5, 0.6) is 0 Å². The summed E-state index contributed by atoms with van der Waals surface area (Å²) in [6, 6.07) is 8.62. The van der Waals surface area contributed by atoms with Crippen molar-refractivity contribution >= 4 is 40.6 Å². The number of aliphatic hydroxyl groups excluding tert-OH is 1. The van der Waals surface area contributed by atoms with Crippen LogP contribution in [0.2, 0.25) is 0 Å². The lowest BCUT2D eigenvalue weighted by molar-refractivity contribution is -0.150. The second kappa shape index (κ2) is 10.4. The Labute approximate surface area is 203 Å². The third kappa shape index (κ3) is 4.89. The van der Waals surface area contributed by atoms with E-state index in [-0.39, 0.29) is 25.7 Å². The minimum atomic E-state index is -2.04. The molecule has 190 valence electrons. The molecule has 2 aromatic carbocycles. The highest BCUT2D eigenvalue weighted by molar-refractivity contribution is 6.04. The van der Waals surface area contributed by atoms with Gasteiger partial charge in [-0.2, -0.15) is 0 Å². The highest BCUT2D eigenvalue weighted by atomic mass is 19.2. The van der Waals surface area contributed by atoms with E-state index < -0.39 is 52.7 Å². The van der Waals surface area contributed by atoms with Crippen molar-refractivity contribution in [1.29, 1.82) is 5.41 Å². The Bertz CT molecular complexity index is 1230. The highest BCUT2D eigenvalue weighted by Gasteiger charge is 2.40. The van der Waals surface area contributed by atoms with Gasteiger partial charge >= 0.3 is 0 Å². The number of halogens is 2. The molecule has 0 radical (unpaired) electrons. The summed E-state index contributed by atoms with van der Waals surface area (Å²) in [5.41, 5.74) is 5.06. The van der Waals surface area contributed by atoms with Crippen LogP contribution < -0.4 is 20.9 Å². The van der Waals surface area contributed by atoms with E-state index in [1.807, 2.05) is 5.32 Å². The summed E-state index contributed by atoms with van der Waals surface area (Å²) in [6.07, 6.45) is -3.66. The average molecular weight is 503 g/mol. The Morgan fingerprint density at radius 2 is 1.81 bits per heavy atom. The first kappa shape index (κ1) is 25.2. The van der Waals surface area contributed by atoms with Gasteiger partial charge in [0.15, 0.2) is 23.8 Å². The second-order valence-electron chi connectivity index (χ2n) is 8.04. The summed E-state index contributed by atoms with van der Waals surface area (Å²) < 4.78 is 38.9. The third-order valence-electron chi connectivity index (χ3n) is 5.75. The number of anilines is 3. The fourth-order valence-corrected chi connectivity index (χ4v) is 3.91. The first-order valence-electron chi connectivity index (χ1n) is 10.9. The molecule has 0 aliphatic carbocycles. The smallest absolute Gasteiger partial charge is 0.259 e. The molecule has 0 saturated carbocycles. The molecule has 2 fully saturated rings. The van der Waals surface area contributed by atoms with Crippen molar-refractivity contribution in [3.63, 3.8) is 0 Å². The molecular formula is C23H23F2N5O6. The zero-order valence-electron chi connectivity index (χ0n) is 18.9. The standard InChI is InChI=1S/C23H23F2N5O6/c24-17-14(21(26)27)4-5-15(18(17)25)28-22(33)19(32)20-23(34)30(7-9-36-20)13-3-1-2-12(10-13)29-6-8-35-11-16(29)31/h1-5,10,19-20,32H,6-9,11H2,(H3,26,27)(H,28,33)/t19-,20-/m1/s1. The summed E-state index contributed by atoms with van der Waals surface area (Å²) >= 11 is 0. The number of hydrogen-bond donors (Lipinski definition) is 4. The molecule has 36 heavy (non-hydrogen) atoms. The highest BCUT2D eigenvalue weighted by Crippen LogP contribution is 2.27. The molecule has 0 unspecified atom stereocenters. The molecule has 11 nitrogen and oxygen atoms in total. The van der Waals surface area contributed by atoms with Gasteiger partial charge in [-0.05, 0) is 30.3 Å². The SMILES string of the molecule is N=C(N)c1ccc(NC(=O)[C@H](O)[C@H]2OCCN(c3cccc(N4CCOCC4=O)c3)C2=O)c(F)c1F. The van der Waals surface area contributed by atoms with Crippen LogP contribution in [-0.2, 0) is 23.9 Å². The van der Waals surface area contributed by atoms with Crippen LogP contribution in [0.1, 0.15) is 5.56 Å². The zero-order chi connectivity index (χ0) is 26.0. The number of morpholine rings is 2. The van der Waals surface area contributed by atoms with Gasteiger partial charge < -0.3 is 35.4 Å². The molecule has 2 heterocycles. The van der Waals surface area contributed by atoms with Crippen molar-refractivity contribution in [3.8, 4) is 0 Å². The minimum absolute atomic E-state index is 0.0161. The quantitative estimate of drug-likeness (QED) is 0.327. The molecule has 2 aliphatic rings. The van der Waals surface area contributed by atoms with Crippen LogP contribution in [0.4, 0.5) is 25.8 Å². The maximum absolute atomic E-state index is 14.3. The van der Waals surface area contributed by atoms with Crippen molar-refractivity contribution in [3.05, 3.63) is 53.6 Å². The second-order valence-corrected chi connectivity index (χ2v) is 8.04. The van der Waals surface area contributed by atoms with Gasteiger partial charge in [-0.15, -0.1) is 0 Å². The average Bonchev–Trinajstić information content (AvgIpc) is 2.86. The van der Waals surface area contributed by atoms with Crippen molar-refractivity contribution in [2.45, 2.75) is 12.2 Å². The Morgan fingerprint density at radius 3 is 2.50 bits per heavy atom. The summed E-state index contributed by atoms with van der Waals surface area (Å²) in [5, 5.41) is 19.8. The number of nitrogens with zero attached hydrogens (tertiary/aromatic N) is 2. The predicted octanol–water partition coefficient (Wildman–Crippen LogP) is 0.343. The Hall–Kier alpha value is -3.94. The molecular weight excluding hydrogens is 480 g/mol. The van der Waals surface area contributed by atoms with Crippen LogP contribution in [0.25, 0.3) is 0 Å². The van der Waals surface area contributed by atoms with Gasteiger partial charge in [0, 0.05) is 24.5 Å². The van der Waals surface area contributed by atoms with Crippen LogP contribution >= 0.6 is 0 Å². The molecule has 2 aromatic rings. The maximum atomic E-state index is 14.3. The Morgan fingerprint density at radius 1 is 1.11 bits per heavy atom. The van der Waals surface area contributed by atoms with E-state index >= 15 is 0 Å². The van der Waals surface area contributed by atoms with E-state index in [4.69, 9.17) is 20.6 Å². The molecule has 2 saturated heterocycles. The molecule has 13 heteroatoms. The van der Waals surface area contributed by atoms with Crippen molar-refractivity contribution in [2.75, 3.05) is 48.0 Å². The van der Waals surface area contributed by atoms with Crippen LogP contribution in [0, 0.1) is 17.0 Å². The molecule has 0 spiro atoms. The number of carbonyl (C=O) groups is 3. The number of amidine groups is 1. The molecule has 2 aliphatic heterocycles. The zero-order valence-corrected chi connectivity index (χ0v) is 18.9. The molecule has 5 N–H and O–H groups in total. The number of amides is 3. The number of carbonyl (C=O) groups excluding carboxylic acids is 3. The number of ether oxygens (including phenoxy) is 2. The van der Waals surface area contributed by atoms with E-state index in [1.165, 1.54) is 9.80 Å². The molecule has 2 atom stereocenters. The van der Waals surface area contributed by atoms with E-state index in [1.54, 1.807) is 24.3 Å². The van der Waals surface area contributed by atoms with Crippen LogP contribution in [-0.4, -0.2) is 73.8 Å². The number of nitrogens with one attached hydrogen (secondary N) is 2. The molecule has 0 bridgehead atoms. The fraction of sp³-hybridized carbons (Fsp3) is 0.304. The Kier molecular flexibility index (Phi) is 7.24. The molecule has 0 aromatic heterocycles. The van der Waals surface area contributed by atoms with Crippen LogP contribution in [0.3, 0.4) is 0 Å². The van der Waals surface area contributed by atoms with Crippen molar-refractivity contribution < 1.29 is 37.7 Å². The van der Waals surface area contributed by atoms with E-state index in [0.717, 1.165) is 12.1 Å². The molecule has 4 rings (SSSR count). The summed E-state index contributed by atoms with van der Waals surface area (Å²) in [7, 11) is 0. The Balaban J connectivity index is 1.49. The van der Waals surface area contributed by atoms with Gasteiger partial charge in [0.1, 0.15) is 12.4 Å². The van der Waals surface area contributed by atoms with E-state index in [2.05, 4.69) is 0 Å². The monoisotopic (exact) mass is 503 g/mol. The minimum Gasteiger partial charge on any atom is -0.384 e. The van der Waals surface area contributed by atoms with Crippen LogP contribution in [0.15, 0.2) is 36.4 Å². The first-order chi connectivity index (χ1) is 17.2. The number of rotatable bonds is 6. The summed E-state index contributed by atoms with van der Waals surface area (Å²) in [5.74, 6) is -5.77. The lowest BCUT2D eigenvalue weighted by Crippen LogP contribution is -2.55. The number of benzene rings is 2. The van der Waals surface area contributed by atoms with Gasteiger partial charge in [0.05, 0.1) is 24.5 Å². The van der Waals surface area contributed by atoms with Crippen molar-refractivity contribution in [1.82, 2.24) is 0 Å². The lowest BCUT2D eigenvalue weighted by Gasteiger charge is -2.35. The third-order valence-corrected chi connectivity index (χ3v) is 5.75. The van der Waals surface area contributed by atoms with E-state index in [0.29, 0.717) is 24.5 Å². The van der Waals surface area contributed by atoms with E-state index in [9.17, 15) is 28.3 Å².